The van der Waals surface area contributed by atoms with Crippen molar-refractivity contribution in [2.75, 3.05) is 7.11 Å². The Morgan fingerprint density at radius 3 is 2.69 bits per heavy atom. The number of aryl methyl sites for hydroxylation is 2. The van der Waals surface area contributed by atoms with Crippen molar-refractivity contribution in [3.63, 3.8) is 0 Å². The van der Waals surface area contributed by atoms with Crippen LogP contribution in [0.15, 0.2) is 53.5 Å². The molecule has 0 aliphatic heterocycles. The lowest BCUT2D eigenvalue weighted by Crippen LogP contribution is -1.95. The van der Waals surface area contributed by atoms with E-state index in [9.17, 15) is 0 Å². The molecule has 32 heavy (non-hydrogen) atoms. The maximum absolute atomic E-state index is 5.95. The van der Waals surface area contributed by atoms with Crippen LogP contribution in [-0.2, 0) is 7.05 Å². The van der Waals surface area contributed by atoms with Crippen LogP contribution in [0.4, 0.5) is 0 Å². The first-order valence-electron chi connectivity index (χ1n) is 10.6. The number of methoxy groups -OCH3 is 1. The van der Waals surface area contributed by atoms with E-state index in [-0.39, 0.29) is 0 Å². The lowest BCUT2D eigenvalue weighted by atomic mass is 10.0. The summed E-state index contributed by atoms with van der Waals surface area (Å²) < 4.78 is 15.5. The molecule has 4 aromatic heterocycles. The predicted octanol–water partition coefficient (Wildman–Crippen LogP) is 4.65. The SMILES string of the molecule is COc1cc(-c2cnc3cc(-c4cnn(C)c4)ccn23)cc(C)c1-c1nnc(C2CC2)o1. The molecule has 4 heterocycles. The molecular weight excluding hydrogens is 404 g/mol. The third kappa shape index (κ3) is 3.07. The molecule has 0 amide bonds. The van der Waals surface area contributed by atoms with Gasteiger partial charge in [-0.3, -0.25) is 9.08 Å². The van der Waals surface area contributed by atoms with Crippen molar-refractivity contribution < 1.29 is 9.15 Å². The Balaban J connectivity index is 1.41. The predicted molar refractivity (Wildman–Crippen MR) is 119 cm³/mol. The van der Waals surface area contributed by atoms with Crippen LogP contribution < -0.4 is 4.74 Å². The molecule has 1 fully saturated rings. The maximum atomic E-state index is 5.95. The first kappa shape index (κ1) is 18.8. The van der Waals surface area contributed by atoms with Crippen molar-refractivity contribution in [2.45, 2.75) is 25.7 Å². The highest BCUT2D eigenvalue weighted by molar-refractivity contribution is 5.76. The number of ether oxygens (including phenoxy) is 1. The van der Waals surface area contributed by atoms with Crippen LogP contribution in [0.3, 0.4) is 0 Å². The van der Waals surface area contributed by atoms with Crippen LogP contribution in [0.1, 0.15) is 30.2 Å². The molecule has 1 aromatic carbocycles. The molecule has 160 valence electrons. The minimum atomic E-state index is 0.413. The van der Waals surface area contributed by atoms with E-state index in [0.717, 1.165) is 57.9 Å². The zero-order valence-electron chi connectivity index (χ0n) is 18.1. The van der Waals surface area contributed by atoms with Gasteiger partial charge in [0.1, 0.15) is 11.4 Å². The van der Waals surface area contributed by atoms with Gasteiger partial charge in [0.05, 0.1) is 30.8 Å². The Labute approximate surface area is 184 Å². The molecule has 0 saturated heterocycles. The Bertz CT molecular complexity index is 1460. The standard InChI is InChI=1S/C24H22N6O2/c1-14-8-17(9-20(31-3)22(14)24-28-27-23(32-24)15-4-5-15)19-12-25-21-10-16(6-7-30(19)21)18-11-26-29(2)13-18/h6-13,15H,4-5H2,1-3H3. The summed E-state index contributed by atoms with van der Waals surface area (Å²) in [6.07, 6.45) is 10.0. The molecule has 5 aromatic rings. The summed E-state index contributed by atoms with van der Waals surface area (Å²) in [6, 6.07) is 8.25. The number of rotatable bonds is 5. The number of aromatic nitrogens is 6. The van der Waals surface area contributed by atoms with Crippen LogP contribution in [0.5, 0.6) is 5.75 Å². The van der Waals surface area contributed by atoms with E-state index in [1.54, 1.807) is 11.8 Å². The summed E-state index contributed by atoms with van der Waals surface area (Å²) in [5, 5.41) is 12.8. The Morgan fingerprint density at radius 1 is 1.06 bits per heavy atom. The highest BCUT2D eigenvalue weighted by Gasteiger charge is 2.30. The highest BCUT2D eigenvalue weighted by atomic mass is 16.5. The minimum absolute atomic E-state index is 0.413. The summed E-state index contributed by atoms with van der Waals surface area (Å²) in [6.45, 7) is 2.03. The average molecular weight is 426 g/mol. The third-order valence-electron chi connectivity index (χ3n) is 5.95. The van der Waals surface area contributed by atoms with E-state index in [1.807, 2.05) is 44.8 Å². The van der Waals surface area contributed by atoms with E-state index >= 15 is 0 Å². The second-order valence-corrected chi connectivity index (χ2v) is 8.28. The smallest absolute Gasteiger partial charge is 0.251 e. The van der Waals surface area contributed by atoms with Crippen molar-refractivity contribution in [1.29, 1.82) is 0 Å². The van der Waals surface area contributed by atoms with Crippen molar-refractivity contribution in [2.24, 2.45) is 7.05 Å². The molecule has 1 aliphatic rings. The van der Waals surface area contributed by atoms with Crippen molar-refractivity contribution >= 4 is 5.65 Å². The molecule has 0 N–H and O–H groups in total. The average Bonchev–Trinajstić information content (AvgIpc) is 3.19. The quantitative estimate of drug-likeness (QED) is 0.407. The number of hydrogen-bond acceptors (Lipinski definition) is 6. The summed E-state index contributed by atoms with van der Waals surface area (Å²) in [4.78, 5) is 4.64. The van der Waals surface area contributed by atoms with Crippen LogP contribution in [0.25, 0.3) is 39.5 Å². The first-order valence-corrected chi connectivity index (χ1v) is 10.6. The largest absolute Gasteiger partial charge is 0.496 e. The second-order valence-electron chi connectivity index (χ2n) is 8.28. The Morgan fingerprint density at radius 2 is 1.94 bits per heavy atom. The monoisotopic (exact) mass is 426 g/mol. The maximum Gasteiger partial charge on any atom is 0.251 e. The Hall–Kier alpha value is -3.94. The molecule has 1 saturated carbocycles. The fourth-order valence-corrected chi connectivity index (χ4v) is 4.11. The molecule has 0 radical (unpaired) electrons. The first-order chi connectivity index (χ1) is 15.6. The van der Waals surface area contributed by atoms with E-state index in [2.05, 4.69) is 42.9 Å². The van der Waals surface area contributed by atoms with Gasteiger partial charge in [0.2, 0.25) is 5.89 Å². The molecule has 1 aliphatic carbocycles. The summed E-state index contributed by atoms with van der Waals surface area (Å²) in [7, 11) is 3.57. The number of nitrogens with zero attached hydrogens (tertiary/aromatic N) is 6. The van der Waals surface area contributed by atoms with Crippen molar-refractivity contribution in [1.82, 2.24) is 29.4 Å². The van der Waals surface area contributed by atoms with E-state index in [4.69, 9.17) is 9.15 Å². The zero-order chi connectivity index (χ0) is 21.8. The van der Waals surface area contributed by atoms with Gasteiger partial charge in [0.25, 0.3) is 5.89 Å². The molecule has 8 heteroatoms. The zero-order valence-corrected chi connectivity index (χ0v) is 18.1. The summed E-state index contributed by atoms with van der Waals surface area (Å²) in [5.74, 6) is 2.34. The summed E-state index contributed by atoms with van der Waals surface area (Å²) in [5.41, 5.74) is 6.84. The molecule has 0 atom stereocenters. The van der Waals surface area contributed by atoms with E-state index < -0.39 is 0 Å². The number of imidazole rings is 1. The Kier molecular flexibility index (Phi) is 4.14. The minimum Gasteiger partial charge on any atom is -0.496 e. The molecular formula is C24H22N6O2. The lowest BCUT2D eigenvalue weighted by molar-refractivity contribution is 0.413. The molecule has 0 bridgehead atoms. The third-order valence-corrected chi connectivity index (χ3v) is 5.95. The van der Waals surface area contributed by atoms with Crippen molar-refractivity contribution in [3.8, 4) is 39.6 Å². The van der Waals surface area contributed by atoms with Gasteiger partial charge in [-0.25, -0.2) is 4.98 Å². The van der Waals surface area contributed by atoms with Crippen LogP contribution in [-0.4, -0.2) is 36.5 Å². The fourth-order valence-electron chi connectivity index (χ4n) is 4.11. The number of benzene rings is 1. The van der Waals surface area contributed by atoms with Gasteiger partial charge >= 0.3 is 0 Å². The van der Waals surface area contributed by atoms with Gasteiger partial charge in [-0.05, 0) is 55.2 Å². The van der Waals surface area contributed by atoms with Gasteiger partial charge in [-0.1, -0.05) is 0 Å². The number of fused-ring (bicyclic) bond motifs is 1. The molecule has 8 nitrogen and oxygen atoms in total. The van der Waals surface area contributed by atoms with Crippen molar-refractivity contribution in [3.05, 3.63) is 60.5 Å². The fraction of sp³-hybridized carbons (Fsp3) is 0.250. The highest BCUT2D eigenvalue weighted by Crippen LogP contribution is 2.42. The van der Waals surface area contributed by atoms with Crippen LogP contribution in [0.2, 0.25) is 0 Å². The van der Waals surface area contributed by atoms with Gasteiger partial charge in [0.15, 0.2) is 0 Å². The van der Waals surface area contributed by atoms with E-state index in [1.165, 1.54) is 0 Å². The van der Waals surface area contributed by atoms with Gasteiger partial charge in [0, 0.05) is 36.5 Å². The van der Waals surface area contributed by atoms with Crippen LogP contribution in [0, 0.1) is 6.92 Å². The normalized spacial score (nSPS) is 13.7. The van der Waals surface area contributed by atoms with Gasteiger partial charge < -0.3 is 9.15 Å². The van der Waals surface area contributed by atoms with Crippen LogP contribution >= 0.6 is 0 Å². The summed E-state index contributed by atoms with van der Waals surface area (Å²) >= 11 is 0. The number of pyridine rings is 1. The van der Waals surface area contributed by atoms with Gasteiger partial charge in [-0.2, -0.15) is 5.10 Å². The van der Waals surface area contributed by atoms with E-state index in [0.29, 0.717) is 17.6 Å². The second kappa shape index (κ2) is 7.05. The molecule has 6 rings (SSSR count). The lowest BCUT2D eigenvalue weighted by Gasteiger charge is -2.12. The number of hydrogen-bond donors (Lipinski definition) is 0. The molecule has 0 unspecified atom stereocenters. The van der Waals surface area contributed by atoms with Gasteiger partial charge in [-0.15, -0.1) is 10.2 Å². The molecule has 0 spiro atoms. The topological polar surface area (TPSA) is 83.3 Å².